The van der Waals surface area contributed by atoms with Gasteiger partial charge in [-0.1, -0.05) is 41.6 Å². The van der Waals surface area contributed by atoms with Gasteiger partial charge in [0.25, 0.3) is 11.6 Å². The maximum absolute atomic E-state index is 13.1. The molecule has 0 radical (unpaired) electrons. The minimum Gasteiger partial charge on any atom is -0.345 e. The Labute approximate surface area is 162 Å². The molecule has 1 atom stereocenters. The number of fused-ring (bicyclic) bond motifs is 2. The molecule has 2 aromatic carbocycles. The van der Waals surface area contributed by atoms with E-state index in [-0.39, 0.29) is 11.9 Å². The van der Waals surface area contributed by atoms with E-state index in [0.717, 1.165) is 24.1 Å². The van der Waals surface area contributed by atoms with E-state index in [1.807, 2.05) is 32.0 Å². The Balaban J connectivity index is 1.48. The molecule has 0 aliphatic heterocycles. The first-order valence-electron chi connectivity index (χ1n) is 9.66. The third-order valence-electron chi connectivity index (χ3n) is 5.50. The molecule has 1 unspecified atom stereocenters. The Morgan fingerprint density at radius 1 is 1.14 bits per heavy atom. The van der Waals surface area contributed by atoms with Crippen LogP contribution in [0.15, 0.2) is 53.1 Å². The summed E-state index contributed by atoms with van der Waals surface area (Å²) >= 11 is 0. The van der Waals surface area contributed by atoms with Crippen LogP contribution in [0.2, 0.25) is 0 Å². The lowest BCUT2D eigenvalue weighted by Gasteiger charge is -2.16. The number of hydrogen-bond donors (Lipinski definition) is 1. The molecule has 0 saturated heterocycles. The summed E-state index contributed by atoms with van der Waals surface area (Å²) in [6.45, 7) is 3.84. The number of hydrogen-bond acceptors (Lipinski definition) is 4. The second-order valence-corrected chi connectivity index (χ2v) is 7.62. The Kier molecular flexibility index (Phi) is 3.90. The normalized spacial score (nSPS) is 15.1. The molecule has 1 amide bonds. The predicted molar refractivity (Wildman–Crippen MR) is 108 cm³/mol. The Hall–Kier alpha value is -3.21. The number of carbonyl (C=O) groups is 1. The van der Waals surface area contributed by atoms with Gasteiger partial charge in [-0.05, 0) is 55.2 Å². The van der Waals surface area contributed by atoms with Crippen LogP contribution in [-0.2, 0) is 0 Å². The Morgan fingerprint density at radius 2 is 1.93 bits per heavy atom. The summed E-state index contributed by atoms with van der Waals surface area (Å²) in [5, 5.41) is 10.2. The zero-order chi connectivity index (χ0) is 19.3. The summed E-state index contributed by atoms with van der Waals surface area (Å²) < 4.78 is 5.35. The van der Waals surface area contributed by atoms with Gasteiger partial charge in [0.15, 0.2) is 0 Å². The van der Waals surface area contributed by atoms with Crippen molar-refractivity contribution in [2.24, 2.45) is 0 Å². The van der Waals surface area contributed by atoms with Crippen molar-refractivity contribution < 1.29 is 9.32 Å². The number of pyridine rings is 1. The quantitative estimate of drug-likeness (QED) is 0.545. The van der Waals surface area contributed by atoms with Gasteiger partial charge in [0.05, 0.1) is 22.7 Å². The number of rotatable bonds is 4. The number of nitrogens with one attached hydrogen (secondary N) is 1. The molecule has 140 valence electrons. The van der Waals surface area contributed by atoms with Gasteiger partial charge in [-0.15, -0.1) is 0 Å². The maximum atomic E-state index is 13.1. The summed E-state index contributed by atoms with van der Waals surface area (Å²) in [6.07, 6.45) is 2.22. The fraction of sp³-hybridized carbons (Fsp3) is 0.261. The zero-order valence-electron chi connectivity index (χ0n) is 15.9. The van der Waals surface area contributed by atoms with E-state index >= 15 is 0 Å². The molecule has 5 nitrogen and oxygen atoms in total. The van der Waals surface area contributed by atoms with Gasteiger partial charge in [0.2, 0.25) is 0 Å². The van der Waals surface area contributed by atoms with Gasteiger partial charge >= 0.3 is 0 Å². The summed E-state index contributed by atoms with van der Waals surface area (Å²) in [7, 11) is 0. The standard InChI is InChI=1S/C23H21N3O2/c1-13(17-10-7-15-5-3-4-6-18(15)11-17)24-22(27)19-12-20(16-8-9-16)25-23-21(19)14(2)26-28-23/h3-7,10-13,16H,8-9H2,1-2H3,(H,24,27). The lowest BCUT2D eigenvalue weighted by Crippen LogP contribution is -2.27. The molecule has 5 heteroatoms. The highest BCUT2D eigenvalue weighted by molar-refractivity contribution is 6.06. The summed E-state index contributed by atoms with van der Waals surface area (Å²) in [5.41, 5.74) is 3.73. The molecule has 1 N–H and O–H groups in total. The van der Waals surface area contributed by atoms with Gasteiger partial charge in [0.1, 0.15) is 0 Å². The van der Waals surface area contributed by atoms with E-state index in [1.54, 1.807) is 0 Å². The van der Waals surface area contributed by atoms with Crippen molar-refractivity contribution in [1.82, 2.24) is 15.5 Å². The average Bonchev–Trinajstić information content (AvgIpc) is 3.50. The molecular formula is C23H21N3O2. The van der Waals surface area contributed by atoms with Gasteiger partial charge in [-0.25, -0.2) is 4.98 Å². The average molecular weight is 371 g/mol. The zero-order valence-corrected chi connectivity index (χ0v) is 15.9. The molecule has 2 aromatic heterocycles. The van der Waals surface area contributed by atoms with Crippen LogP contribution in [0.3, 0.4) is 0 Å². The molecule has 1 saturated carbocycles. The Morgan fingerprint density at radius 3 is 2.71 bits per heavy atom. The lowest BCUT2D eigenvalue weighted by molar-refractivity contribution is 0.0941. The van der Waals surface area contributed by atoms with Crippen molar-refractivity contribution in [3.63, 3.8) is 0 Å². The third kappa shape index (κ3) is 2.93. The first kappa shape index (κ1) is 16.9. The van der Waals surface area contributed by atoms with Gasteiger partial charge in [-0.2, -0.15) is 0 Å². The van der Waals surface area contributed by atoms with Gasteiger partial charge < -0.3 is 9.84 Å². The molecule has 0 bridgehead atoms. The molecule has 1 aliphatic carbocycles. The van der Waals surface area contributed by atoms with E-state index in [0.29, 0.717) is 28.3 Å². The van der Waals surface area contributed by atoms with Crippen molar-refractivity contribution in [2.75, 3.05) is 0 Å². The van der Waals surface area contributed by atoms with Crippen molar-refractivity contribution in [2.45, 2.75) is 38.6 Å². The second-order valence-electron chi connectivity index (χ2n) is 7.62. The first-order valence-corrected chi connectivity index (χ1v) is 9.66. The van der Waals surface area contributed by atoms with Crippen molar-refractivity contribution in [1.29, 1.82) is 0 Å². The number of carbonyl (C=O) groups excluding carboxylic acids is 1. The van der Waals surface area contributed by atoms with Crippen molar-refractivity contribution in [3.05, 3.63) is 71.0 Å². The van der Waals surface area contributed by atoms with Gasteiger partial charge in [0, 0.05) is 11.6 Å². The van der Waals surface area contributed by atoms with Crippen LogP contribution in [0.5, 0.6) is 0 Å². The van der Waals surface area contributed by atoms with Crippen LogP contribution in [0.1, 0.15) is 59.0 Å². The molecular weight excluding hydrogens is 350 g/mol. The molecule has 0 spiro atoms. The fourth-order valence-electron chi connectivity index (χ4n) is 3.72. The third-order valence-corrected chi connectivity index (χ3v) is 5.50. The SMILES string of the molecule is Cc1noc2nc(C3CC3)cc(C(=O)NC(C)c3ccc4ccccc4c3)c12. The van der Waals surface area contributed by atoms with Crippen LogP contribution < -0.4 is 5.32 Å². The van der Waals surface area contributed by atoms with Crippen LogP contribution in [0.25, 0.3) is 21.9 Å². The smallest absolute Gasteiger partial charge is 0.259 e. The highest BCUT2D eigenvalue weighted by atomic mass is 16.5. The molecule has 2 heterocycles. The van der Waals surface area contributed by atoms with E-state index < -0.39 is 0 Å². The summed E-state index contributed by atoms with van der Waals surface area (Å²) in [5.74, 6) is 0.306. The first-order chi connectivity index (χ1) is 13.6. The van der Waals surface area contributed by atoms with Crippen LogP contribution in [0, 0.1) is 6.92 Å². The highest BCUT2D eigenvalue weighted by Crippen LogP contribution is 2.40. The number of nitrogens with zero attached hydrogens (tertiary/aromatic N) is 2. The summed E-state index contributed by atoms with van der Waals surface area (Å²) in [6, 6.07) is 16.3. The number of aryl methyl sites for hydroxylation is 1. The monoisotopic (exact) mass is 371 g/mol. The number of amides is 1. The lowest BCUT2D eigenvalue weighted by atomic mass is 10.0. The fourth-order valence-corrected chi connectivity index (χ4v) is 3.72. The summed E-state index contributed by atoms with van der Waals surface area (Å²) in [4.78, 5) is 17.7. The largest absolute Gasteiger partial charge is 0.345 e. The Bertz CT molecular complexity index is 1210. The van der Waals surface area contributed by atoms with Crippen LogP contribution in [-0.4, -0.2) is 16.0 Å². The molecule has 28 heavy (non-hydrogen) atoms. The van der Waals surface area contributed by atoms with Crippen LogP contribution >= 0.6 is 0 Å². The second kappa shape index (κ2) is 6.44. The van der Waals surface area contributed by atoms with Crippen molar-refractivity contribution >= 4 is 27.8 Å². The molecule has 4 aromatic rings. The predicted octanol–water partition coefficient (Wildman–Crippen LogP) is 5.05. The van der Waals surface area contributed by atoms with E-state index in [4.69, 9.17) is 4.52 Å². The number of aromatic nitrogens is 2. The highest BCUT2D eigenvalue weighted by Gasteiger charge is 2.29. The minimum absolute atomic E-state index is 0.120. The van der Waals surface area contributed by atoms with E-state index in [9.17, 15) is 4.79 Å². The maximum Gasteiger partial charge on any atom is 0.259 e. The topological polar surface area (TPSA) is 68.0 Å². The minimum atomic E-state index is -0.124. The molecule has 1 fully saturated rings. The number of benzene rings is 2. The van der Waals surface area contributed by atoms with Gasteiger partial charge in [-0.3, -0.25) is 4.79 Å². The van der Waals surface area contributed by atoms with Crippen LogP contribution in [0.4, 0.5) is 0 Å². The molecule has 5 rings (SSSR count). The van der Waals surface area contributed by atoms with Crippen molar-refractivity contribution in [3.8, 4) is 0 Å². The van der Waals surface area contributed by atoms with E-state index in [1.165, 1.54) is 10.8 Å². The molecule has 1 aliphatic rings. The van der Waals surface area contributed by atoms with E-state index in [2.05, 4.69) is 45.8 Å².